The predicted molar refractivity (Wildman–Crippen MR) is 101 cm³/mol. The first-order chi connectivity index (χ1) is 12.8. The van der Waals surface area contributed by atoms with E-state index in [0.29, 0.717) is 0 Å². The lowest BCUT2D eigenvalue weighted by molar-refractivity contribution is -0.139. The highest BCUT2D eigenvalue weighted by atomic mass is 79.9. The number of rotatable bonds is 4. The Kier molecular flexibility index (Phi) is 6.70. The largest absolute Gasteiger partial charge is 0.416 e. The first-order valence-corrected chi connectivity index (χ1v) is 10.1. The van der Waals surface area contributed by atoms with Gasteiger partial charge in [-0.3, -0.25) is 4.79 Å². The number of benzene rings is 2. The van der Waals surface area contributed by atoms with Crippen LogP contribution >= 0.6 is 31.9 Å². The van der Waals surface area contributed by atoms with Crippen LogP contribution in [0.1, 0.15) is 49.3 Å². The minimum Gasteiger partial charge on any atom is -0.289 e. The Balaban J connectivity index is 2.79. The van der Waals surface area contributed by atoms with Gasteiger partial charge in [-0.15, -0.1) is 0 Å². The molecule has 0 radical (unpaired) electrons. The Morgan fingerprint density at radius 3 is 1.32 bits per heavy atom. The van der Waals surface area contributed by atoms with Crippen molar-refractivity contribution in [1.82, 2.24) is 0 Å². The molecule has 0 amide bonds. The Hall–Kier alpha value is -1.35. The molecule has 0 saturated heterocycles. The molecule has 0 spiro atoms. The second-order valence-corrected chi connectivity index (χ2v) is 7.28. The molecule has 2 aromatic carbocycles. The Morgan fingerprint density at radius 2 is 1.07 bits per heavy atom. The SMILES string of the molecule is Cc1ccc(C(=O)c2ccc(C)c(C(F)(F)F)c2CBr)c(CBr)c1C(F)(F)F. The standard InChI is InChI=1S/C19H14Br2F6O/c1-9-3-5-11(13(7-20)15(9)18(22,23)24)17(28)12-6-4-10(2)16(14(12)8-21)19(25,26)27/h3-6H,7-8H2,1-2H3. The maximum atomic E-state index is 13.5. The molecular formula is C19H14Br2F6O. The van der Waals surface area contributed by atoms with Gasteiger partial charge in [0.15, 0.2) is 5.78 Å². The van der Waals surface area contributed by atoms with Gasteiger partial charge in [0.1, 0.15) is 0 Å². The highest BCUT2D eigenvalue weighted by Crippen LogP contribution is 2.40. The van der Waals surface area contributed by atoms with Gasteiger partial charge < -0.3 is 0 Å². The molecule has 0 aliphatic heterocycles. The molecule has 0 atom stereocenters. The number of halogens is 8. The van der Waals surface area contributed by atoms with Crippen molar-refractivity contribution in [2.45, 2.75) is 36.9 Å². The third-order valence-electron chi connectivity index (χ3n) is 4.37. The van der Waals surface area contributed by atoms with Gasteiger partial charge in [-0.1, -0.05) is 56.1 Å². The van der Waals surface area contributed by atoms with E-state index in [-0.39, 0.29) is 44.0 Å². The third-order valence-corrected chi connectivity index (χ3v) is 5.49. The molecule has 2 rings (SSSR count). The summed E-state index contributed by atoms with van der Waals surface area (Å²) in [4.78, 5) is 13.0. The van der Waals surface area contributed by atoms with Gasteiger partial charge in [0.05, 0.1) is 11.1 Å². The minimum absolute atomic E-state index is 0.0703. The summed E-state index contributed by atoms with van der Waals surface area (Å²) in [6.07, 6.45) is -9.40. The number of aryl methyl sites for hydroxylation is 2. The van der Waals surface area contributed by atoms with E-state index in [1.54, 1.807) is 0 Å². The molecule has 0 bridgehead atoms. The Morgan fingerprint density at radius 1 is 0.750 bits per heavy atom. The molecule has 0 N–H and O–H groups in total. The van der Waals surface area contributed by atoms with Crippen LogP contribution in [0.4, 0.5) is 26.3 Å². The van der Waals surface area contributed by atoms with Gasteiger partial charge in [0, 0.05) is 21.8 Å². The fourth-order valence-corrected chi connectivity index (χ4v) is 4.33. The average molecular weight is 532 g/mol. The number of hydrogen-bond donors (Lipinski definition) is 0. The zero-order valence-electron chi connectivity index (χ0n) is 14.7. The summed E-state index contributed by atoms with van der Waals surface area (Å²) < 4.78 is 80.8. The number of hydrogen-bond acceptors (Lipinski definition) is 1. The highest BCUT2D eigenvalue weighted by Gasteiger charge is 2.39. The zero-order chi connectivity index (χ0) is 21.4. The maximum Gasteiger partial charge on any atom is 0.416 e. The minimum atomic E-state index is -4.70. The van der Waals surface area contributed by atoms with Gasteiger partial charge in [0.2, 0.25) is 0 Å². The lowest BCUT2D eigenvalue weighted by Crippen LogP contribution is -2.18. The lowest BCUT2D eigenvalue weighted by Gasteiger charge is -2.20. The van der Waals surface area contributed by atoms with Crippen molar-refractivity contribution in [2.24, 2.45) is 0 Å². The summed E-state index contributed by atoms with van der Waals surface area (Å²) in [5.74, 6) is -0.889. The van der Waals surface area contributed by atoms with Gasteiger partial charge in [0.25, 0.3) is 0 Å². The van der Waals surface area contributed by atoms with Gasteiger partial charge in [-0.2, -0.15) is 26.3 Å². The molecule has 0 heterocycles. The fourth-order valence-electron chi connectivity index (χ4n) is 3.17. The van der Waals surface area contributed by atoms with Gasteiger partial charge in [-0.05, 0) is 36.1 Å². The molecule has 9 heteroatoms. The Bertz CT molecular complexity index is 843. The fraction of sp³-hybridized carbons (Fsp3) is 0.316. The van der Waals surface area contributed by atoms with E-state index in [1.165, 1.54) is 26.0 Å². The second-order valence-electron chi connectivity index (χ2n) is 6.16. The van der Waals surface area contributed by atoms with Crippen molar-refractivity contribution in [2.75, 3.05) is 0 Å². The normalized spacial score (nSPS) is 12.4. The first kappa shape index (κ1) is 22.9. The van der Waals surface area contributed by atoms with E-state index in [9.17, 15) is 31.1 Å². The van der Waals surface area contributed by atoms with E-state index >= 15 is 0 Å². The van der Waals surface area contributed by atoms with E-state index < -0.39 is 29.3 Å². The van der Waals surface area contributed by atoms with E-state index in [1.807, 2.05) is 0 Å². The number of carbonyl (C=O) groups excluding carboxylic acids is 1. The molecule has 28 heavy (non-hydrogen) atoms. The summed E-state index contributed by atoms with van der Waals surface area (Å²) in [6, 6.07) is 4.73. The van der Waals surface area contributed by atoms with Crippen LogP contribution in [0.5, 0.6) is 0 Å². The molecule has 1 nitrogen and oxygen atoms in total. The average Bonchev–Trinajstić information content (AvgIpc) is 2.57. The molecule has 0 aliphatic rings. The van der Waals surface area contributed by atoms with E-state index in [4.69, 9.17) is 0 Å². The second kappa shape index (κ2) is 8.18. The third kappa shape index (κ3) is 4.30. The topological polar surface area (TPSA) is 17.1 Å². The number of alkyl halides is 8. The summed E-state index contributed by atoms with van der Waals surface area (Å²) in [6.45, 7) is 2.53. The van der Waals surface area contributed by atoms with Crippen LogP contribution in [-0.2, 0) is 23.0 Å². The molecule has 2 aromatic rings. The summed E-state index contributed by atoms with van der Waals surface area (Å²) >= 11 is 5.96. The summed E-state index contributed by atoms with van der Waals surface area (Å²) in [5, 5.41) is -0.543. The molecule has 0 fully saturated rings. The van der Waals surface area contributed by atoms with Crippen molar-refractivity contribution in [3.05, 3.63) is 68.8 Å². The van der Waals surface area contributed by atoms with Crippen LogP contribution in [-0.4, -0.2) is 5.78 Å². The first-order valence-electron chi connectivity index (χ1n) is 7.90. The summed E-state index contributed by atoms with van der Waals surface area (Å²) in [5.41, 5.74) is -3.22. The van der Waals surface area contributed by atoms with Crippen molar-refractivity contribution in [1.29, 1.82) is 0 Å². The molecule has 0 aromatic heterocycles. The summed E-state index contributed by atoms with van der Waals surface area (Å²) in [7, 11) is 0. The number of ketones is 1. The van der Waals surface area contributed by atoms with Crippen LogP contribution in [0.25, 0.3) is 0 Å². The highest BCUT2D eigenvalue weighted by molar-refractivity contribution is 9.08. The number of carbonyl (C=O) groups is 1. The van der Waals surface area contributed by atoms with Crippen LogP contribution < -0.4 is 0 Å². The molecular weight excluding hydrogens is 518 g/mol. The smallest absolute Gasteiger partial charge is 0.289 e. The van der Waals surface area contributed by atoms with Crippen molar-refractivity contribution in [3.63, 3.8) is 0 Å². The zero-order valence-corrected chi connectivity index (χ0v) is 17.8. The molecule has 0 aliphatic carbocycles. The van der Waals surface area contributed by atoms with Crippen LogP contribution in [0.3, 0.4) is 0 Å². The monoisotopic (exact) mass is 530 g/mol. The van der Waals surface area contributed by atoms with E-state index in [2.05, 4.69) is 31.9 Å². The van der Waals surface area contributed by atoms with Crippen molar-refractivity contribution < 1.29 is 31.1 Å². The predicted octanol–water partition coefficient (Wildman–Crippen LogP) is 7.36. The maximum absolute atomic E-state index is 13.5. The van der Waals surface area contributed by atoms with Crippen LogP contribution in [0.2, 0.25) is 0 Å². The van der Waals surface area contributed by atoms with Crippen LogP contribution in [0, 0.1) is 13.8 Å². The van der Waals surface area contributed by atoms with Crippen LogP contribution in [0.15, 0.2) is 24.3 Å². The quantitative estimate of drug-likeness (QED) is 0.229. The van der Waals surface area contributed by atoms with Gasteiger partial charge >= 0.3 is 12.4 Å². The van der Waals surface area contributed by atoms with Crippen molar-refractivity contribution >= 4 is 37.6 Å². The van der Waals surface area contributed by atoms with Crippen molar-refractivity contribution in [3.8, 4) is 0 Å². The van der Waals surface area contributed by atoms with Gasteiger partial charge in [-0.25, -0.2) is 0 Å². The lowest BCUT2D eigenvalue weighted by atomic mass is 9.88. The molecule has 152 valence electrons. The molecule has 0 unspecified atom stereocenters. The Labute approximate surface area is 174 Å². The van der Waals surface area contributed by atoms with E-state index in [0.717, 1.165) is 12.1 Å². The molecule has 0 saturated carbocycles.